The van der Waals surface area contributed by atoms with E-state index >= 15 is 0 Å². The van der Waals surface area contributed by atoms with Gasteiger partial charge < -0.3 is 9.47 Å². The molecule has 0 bridgehead atoms. The van der Waals surface area contributed by atoms with E-state index in [1.165, 1.54) is 19.5 Å². The fourth-order valence-corrected chi connectivity index (χ4v) is 4.47. The molecule has 0 atom stereocenters. The number of nitrogens with one attached hydrogen (secondary N) is 1. The SMILES string of the molecule is COc1cnc(Cl)cc1-c1cc(C)ncc1C(=O)Nc1nnc(OCC2CCC(F)CC2)s1. The summed E-state index contributed by atoms with van der Waals surface area (Å²) in [6.07, 6.45) is 5.05. The molecule has 4 rings (SSSR count). The highest BCUT2D eigenvalue weighted by Crippen LogP contribution is 2.34. The lowest BCUT2D eigenvalue weighted by Crippen LogP contribution is -2.20. The summed E-state index contributed by atoms with van der Waals surface area (Å²) in [6.45, 7) is 2.29. The molecule has 0 unspecified atom stereocenters. The second-order valence-electron chi connectivity index (χ2n) is 7.83. The van der Waals surface area contributed by atoms with Crippen LogP contribution in [0.2, 0.25) is 5.15 Å². The smallest absolute Gasteiger partial charge is 0.295 e. The molecule has 174 valence electrons. The summed E-state index contributed by atoms with van der Waals surface area (Å²) in [5, 5.41) is 11.7. The second-order valence-corrected chi connectivity index (χ2v) is 9.16. The van der Waals surface area contributed by atoms with Gasteiger partial charge in [-0.2, -0.15) is 0 Å². The van der Waals surface area contributed by atoms with Gasteiger partial charge >= 0.3 is 0 Å². The number of halogens is 2. The summed E-state index contributed by atoms with van der Waals surface area (Å²) in [4.78, 5) is 21.4. The van der Waals surface area contributed by atoms with Crippen LogP contribution in [0.3, 0.4) is 0 Å². The highest BCUT2D eigenvalue weighted by molar-refractivity contribution is 7.17. The maximum Gasteiger partial charge on any atom is 0.295 e. The molecule has 8 nitrogen and oxygen atoms in total. The number of amides is 1. The number of hydrogen-bond acceptors (Lipinski definition) is 8. The van der Waals surface area contributed by atoms with Crippen molar-refractivity contribution in [2.24, 2.45) is 5.92 Å². The predicted octanol–water partition coefficient (Wildman–Crippen LogP) is 5.12. The quantitative estimate of drug-likeness (QED) is 0.457. The molecule has 1 aliphatic carbocycles. The fraction of sp³-hybridized carbons (Fsp3) is 0.409. The van der Waals surface area contributed by atoms with Crippen molar-refractivity contribution in [2.75, 3.05) is 19.0 Å². The molecule has 0 aliphatic heterocycles. The normalized spacial score (nSPS) is 18.1. The number of nitrogens with zero attached hydrogens (tertiary/aromatic N) is 4. The van der Waals surface area contributed by atoms with Gasteiger partial charge in [0.1, 0.15) is 17.1 Å². The number of hydrogen-bond donors (Lipinski definition) is 1. The summed E-state index contributed by atoms with van der Waals surface area (Å²) in [7, 11) is 1.52. The Morgan fingerprint density at radius 1 is 1.18 bits per heavy atom. The predicted molar refractivity (Wildman–Crippen MR) is 124 cm³/mol. The molecule has 0 saturated heterocycles. The van der Waals surface area contributed by atoms with Crippen molar-refractivity contribution >= 4 is 34.0 Å². The minimum atomic E-state index is -0.700. The summed E-state index contributed by atoms with van der Waals surface area (Å²) in [5.74, 6) is 0.381. The average Bonchev–Trinajstić information content (AvgIpc) is 3.25. The first-order valence-corrected chi connectivity index (χ1v) is 11.7. The van der Waals surface area contributed by atoms with E-state index < -0.39 is 12.1 Å². The third-order valence-corrected chi connectivity index (χ3v) is 6.43. The van der Waals surface area contributed by atoms with Crippen LogP contribution in [0.1, 0.15) is 41.7 Å². The molecule has 0 aromatic carbocycles. The molecule has 3 heterocycles. The fourth-order valence-electron chi connectivity index (χ4n) is 3.71. The van der Waals surface area contributed by atoms with E-state index in [1.807, 2.05) is 6.92 Å². The first-order valence-electron chi connectivity index (χ1n) is 10.5. The molecule has 1 amide bonds. The van der Waals surface area contributed by atoms with Crippen molar-refractivity contribution in [3.63, 3.8) is 0 Å². The molecular formula is C22H23ClFN5O3S. The average molecular weight is 492 g/mol. The largest absolute Gasteiger partial charge is 0.494 e. The van der Waals surface area contributed by atoms with Crippen LogP contribution in [0.25, 0.3) is 11.1 Å². The lowest BCUT2D eigenvalue weighted by atomic mass is 9.89. The number of rotatable bonds is 7. The van der Waals surface area contributed by atoms with E-state index in [1.54, 1.807) is 12.1 Å². The molecule has 3 aromatic heterocycles. The van der Waals surface area contributed by atoms with E-state index in [2.05, 4.69) is 25.5 Å². The van der Waals surface area contributed by atoms with Crippen molar-refractivity contribution in [3.05, 3.63) is 40.9 Å². The van der Waals surface area contributed by atoms with Gasteiger partial charge in [-0.15, -0.1) is 5.10 Å². The van der Waals surface area contributed by atoms with Crippen molar-refractivity contribution in [1.29, 1.82) is 0 Å². The Bertz CT molecular complexity index is 1140. The van der Waals surface area contributed by atoms with Gasteiger partial charge in [0.05, 0.1) is 25.5 Å². The highest BCUT2D eigenvalue weighted by Gasteiger charge is 2.22. The lowest BCUT2D eigenvalue weighted by molar-refractivity contribution is 0.102. The van der Waals surface area contributed by atoms with E-state index in [-0.39, 0.29) is 5.15 Å². The molecular weight excluding hydrogens is 469 g/mol. The van der Waals surface area contributed by atoms with E-state index in [9.17, 15) is 9.18 Å². The number of alkyl halides is 1. The van der Waals surface area contributed by atoms with Crippen LogP contribution < -0.4 is 14.8 Å². The standard InChI is InChI=1S/C22H23ClFN5O3S/c1-12-7-15(16-8-19(23)26-10-18(16)31-2)17(9-25-12)20(30)27-21-28-29-22(33-21)32-11-13-3-5-14(24)6-4-13/h7-10,13-14H,3-6,11H2,1-2H3,(H,27,28,30). The van der Waals surface area contributed by atoms with Gasteiger partial charge in [-0.05, 0) is 62.0 Å². The third-order valence-electron chi connectivity index (χ3n) is 5.48. The number of carbonyl (C=O) groups is 1. The van der Waals surface area contributed by atoms with Gasteiger partial charge in [0.2, 0.25) is 5.13 Å². The van der Waals surface area contributed by atoms with Gasteiger partial charge in [-0.3, -0.25) is 15.1 Å². The minimum absolute atomic E-state index is 0.275. The van der Waals surface area contributed by atoms with Crippen LogP contribution in [-0.2, 0) is 0 Å². The Balaban J connectivity index is 1.48. The maximum atomic E-state index is 13.3. The number of anilines is 1. The maximum absolute atomic E-state index is 13.3. The van der Waals surface area contributed by atoms with Crippen molar-refractivity contribution < 1.29 is 18.7 Å². The molecule has 3 aromatic rings. The minimum Gasteiger partial charge on any atom is -0.494 e. The van der Waals surface area contributed by atoms with Crippen molar-refractivity contribution in [2.45, 2.75) is 38.8 Å². The monoisotopic (exact) mass is 491 g/mol. The van der Waals surface area contributed by atoms with Crippen LogP contribution >= 0.6 is 22.9 Å². The van der Waals surface area contributed by atoms with Crippen LogP contribution in [0.4, 0.5) is 9.52 Å². The number of ether oxygens (including phenoxy) is 2. The first kappa shape index (κ1) is 23.3. The topological polar surface area (TPSA) is 99.1 Å². The summed E-state index contributed by atoms with van der Waals surface area (Å²) >= 11 is 7.22. The molecule has 11 heteroatoms. The molecule has 0 spiro atoms. The van der Waals surface area contributed by atoms with Gasteiger partial charge in [-0.1, -0.05) is 16.7 Å². The molecule has 33 heavy (non-hydrogen) atoms. The van der Waals surface area contributed by atoms with E-state index in [4.69, 9.17) is 21.1 Å². The van der Waals surface area contributed by atoms with Crippen LogP contribution in [0.5, 0.6) is 10.9 Å². The van der Waals surface area contributed by atoms with Crippen molar-refractivity contribution in [3.8, 4) is 22.1 Å². The Kier molecular flexibility index (Phi) is 7.34. The Labute approximate surface area is 199 Å². The number of aromatic nitrogens is 4. The first-order chi connectivity index (χ1) is 15.9. The van der Waals surface area contributed by atoms with Gasteiger partial charge in [-0.25, -0.2) is 9.37 Å². The zero-order valence-corrected chi connectivity index (χ0v) is 19.7. The van der Waals surface area contributed by atoms with Crippen LogP contribution in [0, 0.1) is 12.8 Å². The molecule has 1 fully saturated rings. The summed E-state index contributed by atoms with van der Waals surface area (Å²) < 4.78 is 24.4. The molecule has 0 radical (unpaired) electrons. The zero-order valence-electron chi connectivity index (χ0n) is 18.2. The number of carbonyl (C=O) groups excluding carboxylic acids is 1. The van der Waals surface area contributed by atoms with Gasteiger partial charge in [0.25, 0.3) is 11.1 Å². The zero-order chi connectivity index (χ0) is 23.4. The number of pyridine rings is 2. The third kappa shape index (κ3) is 5.75. The molecule has 1 saturated carbocycles. The van der Waals surface area contributed by atoms with Crippen LogP contribution in [-0.4, -0.2) is 46.0 Å². The molecule has 1 N–H and O–H groups in total. The summed E-state index contributed by atoms with van der Waals surface area (Å²) in [6, 6.07) is 3.42. The van der Waals surface area contributed by atoms with Gasteiger partial charge in [0.15, 0.2) is 0 Å². The number of methoxy groups -OCH3 is 1. The molecule has 1 aliphatic rings. The van der Waals surface area contributed by atoms with Gasteiger partial charge in [0, 0.05) is 23.0 Å². The number of aryl methyl sites for hydroxylation is 1. The van der Waals surface area contributed by atoms with E-state index in [0.29, 0.717) is 58.1 Å². The highest BCUT2D eigenvalue weighted by atomic mass is 35.5. The summed E-state index contributed by atoms with van der Waals surface area (Å²) in [5.41, 5.74) is 2.27. The lowest BCUT2D eigenvalue weighted by Gasteiger charge is -2.23. The van der Waals surface area contributed by atoms with Crippen molar-refractivity contribution in [1.82, 2.24) is 20.2 Å². The Hall–Kier alpha value is -2.85. The Morgan fingerprint density at radius 3 is 2.73 bits per heavy atom. The Morgan fingerprint density at radius 2 is 1.97 bits per heavy atom. The van der Waals surface area contributed by atoms with Crippen LogP contribution in [0.15, 0.2) is 24.5 Å². The second kappa shape index (κ2) is 10.4. The van der Waals surface area contributed by atoms with E-state index in [0.717, 1.165) is 29.9 Å².